The van der Waals surface area contributed by atoms with Crippen molar-refractivity contribution in [1.82, 2.24) is 5.01 Å². The summed E-state index contributed by atoms with van der Waals surface area (Å²) in [5.41, 5.74) is 6.49. The molecule has 0 aromatic heterocycles. The number of rotatable bonds is 5. The summed E-state index contributed by atoms with van der Waals surface area (Å²) in [4.78, 5) is 0. The third kappa shape index (κ3) is 3.36. The zero-order valence-corrected chi connectivity index (χ0v) is 8.86. The summed E-state index contributed by atoms with van der Waals surface area (Å²) in [6.07, 6.45) is 1.21. The minimum Gasteiger partial charge on any atom is -0.382 e. The summed E-state index contributed by atoms with van der Waals surface area (Å²) in [5, 5.41) is 7.81. The Morgan fingerprint density at radius 2 is 2.00 bits per heavy atom. The molecule has 86 valence electrons. The first-order chi connectivity index (χ1) is 7.65. The average Bonchev–Trinajstić information content (AvgIpc) is 2.35. The van der Waals surface area contributed by atoms with Crippen molar-refractivity contribution in [3.05, 3.63) is 47.5 Å². The van der Waals surface area contributed by atoms with Crippen LogP contribution in [0.4, 0.5) is 4.39 Å². The van der Waals surface area contributed by atoms with Crippen LogP contribution in [-0.4, -0.2) is 17.8 Å². The highest BCUT2D eigenvalue weighted by Crippen LogP contribution is 2.04. The molecule has 0 aliphatic rings. The second-order valence-corrected chi connectivity index (χ2v) is 3.31. The Morgan fingerprint density at radius 1 is 1.38 bits per heavy atom. The Bertz CT molecular complexity index is 375. The van der Waals surface area contributed by atoms with Crippen LogP contribution in [0.3, 0.4) is 0 Å². The lowest BCUT2D eigenvalue weighted by Crippen LogP contribution is -2.36. The molecule has 0 atom stereocenters. The maximum absolute atomic E-state index is 12.9. The molecule has 1 aromatic carbocycles. The molecule has 0 spiro atoms. The van der Waals surface area contributed by atoms with E-state index < -0.39 is 5.83 Å². The van der Waals surface area contributed by atoms with Crippen LogP contribution in [0.15, 0.2) is 42.0 Å². The molecule has 0 radical (unpaired) electrons. The summed E-state index contributed by atoms with van der Waals surface area (Å²) < 4.78 is 12.9. The van der Waals surface area contributed by atoms with Crippen molar-refractivity contribution < 1.29 is 4.39 Å². The van der Waals surface area contributed by atoms with Gasteiger partial charge in [0.05, 0.1) is 6.21 Å². The van der Waals surface area contributed by atoms with Gasteiger partial charge in [0.1, 0.15) is 0 Å². The van der Waals surface area contributed by atoms with E-state index in [1.165, 1.54) is 0 Å². The maximum Gasteiger partial charge on any atom is 0.181 e. The van der Waals surface area contributed by atoms with Gasteiger partial charge >= 0.3 is 0 Å². The van der Waals surface area contributed by atoms with E-state index in [9.17, 15) is 4.39 Å². The molecule has 0 saturated carbocycles. The Balaban J connectivity index is 2.54. The number of nitrogens with one attached hydrogen (secondary N) is 1. The van der Waals surface area contributed by atoms with E-state index in [0.717, 1.165) is 10.6 Å². The van der Waals surface area contributed by atoms with Crippen molar-refractivity contribution in [3.63, 3.8) is 0 Å². The molecule has 0 aliphatic carbocycles. The molecule has 1 aromatic rings. The molecule has 0 saturated heterocycles. The van der Waals surface area contributed by atoms with Gasteiger partial charge < -0.3 is 11.1 Å². The van der Waals surface area contributed by atoms with Crippen LogP contribution in [0.1, 0.15) is 5.56 Å². The van der Waals surface area contributed by atoms with Crippen molar-refractivity contribution in [2.45, 2.75) is 6.42 Å². The van der Waals surface area contributed by atoms with Gasteiger partial charge in [-0.15, -0.1) is 0 Å². The van der Waals surface area contributed by atoms with Crippen molar-refractivity contribution in [1.29, 1.82) is 5.41 Å². The molecule has 0 aliphatic heterocycles. The van der Waals surface area contributed by atoms with E-state index in [-0.39, 0.29) is 5.82 Å². The lowest BCUT2D eigenvalue weighted by Gasteiger charge is -2.18. The number of nitrogens with zero attached hydrogens (tertiary/aromatic N) is 1. The smallest absolute Gasteiger partial charge is 0.181 e. The summed E-state index contributed by atoms with van der Waals surface area (Å²) in [6.45, 7) is 0.400. The zero-order valence-electron chi connectivity index (χ0n) is 8.86. The SMILES string of the molecule is N=C/C(F)=C(\N)N(N)CCc1ccccc1. The fourth-order valence-corrected chi connectivity index (χ4v) is 1.23. The van der Waals surface area contributed by atoms with E-state index in [0.29, 0.717) is 19.2 Å². The molecule has 0 fully saturated rings. The first kappa shape index (κ1) is 12.2. The molecular formula is C11H15FN4. The second kappa shape index (κ2) is 5.87. The van der Waals surface area contributed by atoms with Gasteiger partial charge in [0, 0.05) is 6.54 Å². The molecule has 0 unspecified atom stereocenters. The van der Waals surface area contributed by atoms with Crippen LogP contribution < -0.4 is 11.6 Å². The Labute approximate surface area is 93.8 Å². The topological polar surface area (TPSA) is 79.1 Å². The first-order valence-electron chi connectivity index (χ1n) is 4.87. The molecule has 0 bridgehead atoms. The van der Waals surface area contributed by atoms with Gasteiger partial charge in [-0.1, -0.05) is 30.3 Å². The number of halogens is 1. The molecule has 0 amide bonds. The number of allylic oxidation sites excluding steroid dienone is 1. The third-order valence-corrected chi connectivity index (χ3v) is 2.17. The zero-order chi connectivity index (χ0) is 12.0. The van der Waals surface area contributed by atoms with Crippen LogP contribution in [0.2, 0.25) is 0 Å². The standard InChI is InChI=1S/C11H15FN4/c12-10(8-13)11(14)16(15)7-6-9-4-2-1-3-5-9/h1-5,8,13H,6-7,14-15H2/b11-10-,13-8?. The Morgan fingerprint density at radius 3 is 2.56 bits per heavy atom. The van der Waals surface area contributed by atoms with Crippen LogP contribution in [-0.2, 0) is 6.42 Å². The van der Waals surface area contributed by atoms with Gasteiger partial charge in [0.25, 0.3) is 0 Å². The maximum atomic E-state index is 12.9. The molecule has 5 N–H and O–H groups in total. The lowest BCUT2D eigenvalue weighted by molar-refractivity contribution is 0.347. The molecule has 1 rings (SSSR count). The normalized spacial score (nSPS) is 11.9. The fraction of sp³-hybridized carbons (Fsp3) is 0.182. The van der Waals surface area contributed by atoms with E-state index in [1.54, 1.807) is 0 Å². The molecule has 4 nitrogen and oxygen atoms in total. The quantitative estimate of drug-likeness (QED) is 0.397. The van der Waals surface area contributed by atoms with Gasteiger partial charge in [-0.3, -0.25) is 5.01 Å². The third-order valence-electron chi connectivity index (χ3n) is 2.17. The lowest BCUT2D eigenvalue weighted by atomic mass is 10.1. The average molecular weight is 222 g/mol. The molecular weight excluding hydrogens is 207 g/mol. The highest BCUT2D eigenvalue weighted by molar-refractivity contribution is 5.73. The monoisotopic (exact) mass is 222 g/mol. The van der Waals surface area contributed by atoms with Gasteiger partial charge in [-0.05, 0) is 12.0 Å². The van der Waals surface area contributed by atoms with Crippen molar-refractivity contribution >= 4 is 6.21 Å². The Hall–Kier alpha value is -1.88. The van der Waals surface area contributed by atoms with E-state index in [4.69, 9.17) is 17.0 Å². The predicted octanol–water partition coefficient (Wildman–Crippen LogP) is 1.15. The summed E-state index contributed by atoms with van der Waals surface area (Å²) in [7, 11) is 0. The minimum atomic E-state index is -0.824. The van der Waals surface area contributed by atoms with E-state index in [1.807, 2.05) is 30.3 Å². The summed E-state index contributed by atoms with van der Waals surface area (Å²) in [5.74, 6) is 4.51. The molecule has 16 heavy (non-hydrogen) atoms. The van der Waals surface area contributed by atoms with Crippen LogP contribution in [0.5, 0.6) is 0 Å². The van der Waals surface area contributed by atoms with E-state index >= 15 is 0 Å². The first-order valence-corrected chi connectivity index (χ1v) is 4.87. The van der Waals surface area contributed by atoms with Gasteiger partial charge in [-0.25, -0.2) is 10.2 Å². The number of benzene rings is 1. The number of hydrazine groups is 1. The largest absolute Gasteiger partial charge is 0.382 e. The van der Waals surface area contributed by atoms with Crippen LogP contribution in [0, 0.1) is 5.41 Å². The van der Waals surface area contributed by atoms with Gasteiger partial charge in [-0.2, -0.15) is 0 Å². The van der Waals surface area contributed by atoms with Gasteiger partial charge in [0.2, 0.25) is 0 Å². The number of nitrogens with two attached hydrogens (primary N) is 2. The summed E-state index contributed by atoms with van der Waals surface area (Å²) >= 11 is 0. The van der Waals surface area contributed by atoms with Crippen molar-refractivity contribution in [3.8, 4) is 0 Å². The number of hydrogen-bond donors (Lipinski definition) is 3. The highest BCUT2D eigenvalue weighted by Gasteiger charge is 2.06. The second-order valence-electron chi connectivity index (χ2n) is 3.31. The van der Waals surface area contributed by atoms with Crippen LogP contribution in [0.25, 0.3) is 0 Å². The minimum absolute atomic E-state index is 0.217. The fourth-order valence-electron chi connectivity index (χ4n) is 1.23. The Kier molecular flexibility index (Phi) is 4.47. The molecule has 0 heterocycles. The van der Waals surface area contributed by atoms with Crippen LogP contribution >= 0.6 is 0 Å². The number of hydrogen-bond acceptors (Lipinski definition) is 4. The van der Waals surface area contributed by atoms with Gasteiger partial charge in [0.15, 0.2) is 11.6 Å². The summed E-state index contributed by atoms with van der Waals surface area (Å²) in [6, 6.07) is 9.69. The molecule has 5 heteroatoms. The van der Waals surface area contributed by atoms with Crippen molar-refractivity contribution in [2.75, 3.05) is 6.54 Å². The van der Waals surface area contributed by atoms with E-state index in [2.05, 4.69) is 0 Å². The van der Waals surface area contributed by atoms with Crippen molar-refractivity contribution in [2.24, 2.45) is 11.6 Å². The predicted molar refractivity (Wildman–Crippen MR) is 62.1 cm³/mol. The highest BCUT2D eigenvalue weighted by atomic mass is 19.1.